The third kappa shape index (κ3) is 5.64. The van der Waals surface area contributed by atoms with Crippen molar-refractivity contribution in [3.05, 3.63) is 59.5 Å². The second-order valence-electron chi connectivity index (χ2n) is 5.25. The average molecular weight is 299 g/mol. The molecule has 0 atom stereocenters. The van der Waals surface area contributed by atoms with Crippen LogP contribution in [0.3, 0.4) is 0 Å². The zero-order valence-corrected chi connectivity index (χ0v) is 13.4. The first-order valence-electron chi connectivity index (χ1n) is 7.88. The lowest BCUT2D eigenvalue weighted by molar-refractivity contribution is 0.510. The van der Waals surface area contributed by atoms with Crippen LogP contribution in [0, 0.1) is 6.92 Å². The van der Waals surface area contributed by atoms with Crippen LogP contribution in [0.25, 0.3) is 0 Å². The highest BCUT2D eigenvalue weighted by molar-refractivity contribution is 5.79. The van der Waals surface area contributed by atoms with Crippen LogP contribution in [0.4, 0.5) is 0 Å². The van der Waals surface area contributed by atoms with Gasteiger partial charge < -0.3 is 15.1 Å². The number of furan rings is 1. The smallest absolute Gasteiger partial charge is 0.191 e. The number of nitrogens with one attached hydrogen (secondary N) is 2. The summed E-state index contributed by atoms with van der Waals surface area (Å²) in [6, 6.07) is 12.5. The number of rotatable bonds is 7. The highest BCUT2D eigenvalue weighted by atomic mass is 16.3. The van der Waals surface area contributed by atoms with E-state index in [1.807, 2.05) is 12.1 Å². The summed E-state index contributed by atoms with van der Waals surface area (Å²) in [6.07, 6.45) is 3.51. The number of nitrogens with zero attached hydrogens (tertiary/aromatic N) is 1. The van der Waals surface area contributed by atoms with Crippen LogP contribution in [0.1, 0.15) is 23.8 Å². The summed E-state index contributed by atoms with van der Waals surface area (Å²) >= 11 is 0. The van der Waals surface area contributed by atoms with E-state index in [-0.39, 0.29) is 0 Å². The van der Waals surface area contributed by atoms with Gasteiger partial charge >= 0.3 is 0 Å². The summed E-state index contributed by atoms with van der Waals surface area (Å²) in [7, 11) is 0. The van der Waals surface area contributed by atoms with Gasteiger partial charge in [0.1, 0.15) is 5.76 Å². The topological polar surface area (TPSA) is 49.6 Å². The van der Waals surface area contributed by atoms with E-state index >= 15 is 0 Å². The van der Waals surface area contributed by atoms with Crippen molar-refractivity contribution in [2.24, 2.45) is 4.99 Å². The average Bonchev–Trinajstić information content (AvgIpc) is 3.02. The predicted octanol–water partition coefficient (Wildman–Crippen LogP) is 2.93. The van der Waals surface area contributed by atoms with E-state index in [4.69, 9.17) is 4.42 Å². The van der Waals surface area contributed by atoms with Crippen LogP contribution >= 0.6 is 0 Å². The predicted molar refractivity (Wildman–Crippen MR) is 91.3 cm³/mol. The van der Waals surface area contributed by atoms with Crippen LogP contribution in [0.15, 0.2) is 52.1 Å². The molecule has 0 saturated carbocycles. The molecule has 0 amide bonds. The van der Waals surface area contributed by atoms with Gasteiger partial charge in [-0.3, -0.25) is 4.99 Å². The molecule has 0 bridgehead atoms. The molecular formula is C18H25N3O. The molecule has 0 aliphatic rings. The van der Waals surface area contributed by atoms with E-state index in [2.05, 4.69) is 53.7 Å². The molecule has 1 aromatic carbocycles. The van der Waals surface area contributed by atoms with Crippen LogP contribution in [-0.2, 0) is 12.8 Å². The fourth-order valence-electron chi connectivity index (χ4n) is 2.15. The number of aliphatic imine (C=N–C) groups is 1. The van der Waals surface area contributed by atoms with Crippen LogP contribution < -0.4 is 10.6 Å². The SMILES string of the molecule is CCNC(=NCCc1ccco1)NCCc1ccc(C)cc1. The van der Waals surface area contributed by atoms with Crippen molar-refractivity contribution in [3.63, 3.8) is 0 Å². The molecule has 0 unspecified atom stereocenters. The molecule has 0 fully saturated rings. The third-order valence-corrected chi connectivity index (χ3v) is 3.38. The standard InChI is InChI=1S/C18H25N3O/c1-3-19-18(21-13-11-17-5-4-14-22-17)20-12-10-16-8-6-15(2)7-9-16/h4-9,14H,3,10-13H2,1-2H3,(H2,19,20,21). The molecule has 2 rings (SSSR count). The first kappa shape index (κ1) is 16.1. The Balaban J connectivity index is 1.76. The lowest BCUT2D eigenvalue weighted by Crippen LogP contribution is -2.38. The lowest BCUT2D eigenvalue weighted by Gasteiger charge is -2.11. The molecule has 2 aromatic rings. The highest BCUT2D eigenvalue weighted by Gasteiger charge is 1.99. The van der Waals surface area contributed by atoms with Crippen molar-refractivity contribution in [2.75, 3.05) is 19.6 Å². The fraction of sp³-hybridized carbons (Fsp3) is 0.389. The van der Waals surface area contributed by atoms with E-state index in [1.165, 1.54) is 11.1 Å². The lowest BCUT2D eigenvalue weighted by atomic mass is 10.1. The molecule has 4 heteroatoms. The number of benzene rings is 1. The van der Waals surface area contributed by atoms with Gasteiger partial charge in [0, 0.05) is 26.1 Å². The maximum Gasteiger partial charge on any atom is 0.191 e. The van der Waals surface area contributed by atoms with Crippen molar-refractivity contribution in [1.82, 2.24) is 10.6 Å². The Morgan fingerprint density at radius 1 is 1.09 bits per heavy atom. The fourth-order valence-corrected chi connectivity index (χ4v) is 2.15. The summed E-state index contributed by atoms with van der Waals surface area (Å²) in [4.78, 5) is 4.57. The minimum absolute atomic E-state index is 0.716. The van der Waals surface area contributed by atoms with Crippen LogP contribution in [-0.4, -0.2) is 25.6 Å². The third-order valence-electron chi connectivity index (χ3n) is 3.38. The first-order chi connectivity index (χ1) is 10.8. The maximum atomic E-state index is 5.31. The number of aryl methyl sites for hydroxylation is 1. The van der Waals surface area contributed by atoms with E-state index in [1.54, 1.807) is 6.26 Å². The van der Waals surface area contributed by atoms with E-state index in [9.17, 15) is 0 Å². The molecule has 0 aliphatic carbocycles. The molecule has 22 heavy (non-hydrogen) atoms. The quantitative estimate of drug-likeness (QED) is 0.610. The molecule has 118 valence electrons. The number of hydrogen-bond donors (Lipinski definition) is 2. The normalized spacial score (nSPS) is 11.5. The van der Waals surface area contributed by atoms with Gasteiger partial charge in [0.25, 0.3) is 0 Å². The van der Waals surface area contributed by atoms with Crippen molar-refractivity contribution < 1.29 is 4.42 Å². The largest absolute Gasteiger partial charge is 0.469 e. The van der Waals surface area contributed by atoms with Gasteiger partial charge in [-0.15, -0.1) is 0 Å². The van der Waals surface area contributed by atoms with Gasteiger partial charge in [-0.1, -0.05) is 29.8 Å². The molecule has 2 N–H and O–H groups in total. The number of hydrogen-bond acceptors (Lipinski definition) is 2. The van der Waals surface area contributed by atoms with Crippen molar-refractivity contribution in [1.29, 1.82) is 0 Å². The van der Waals surface area contributed by atoms with E-state index in [0.717, 1.165) is 37.7 Å². The zero-order chi connectivity index (χ0) is 15.6. The Kier molecular flexibility index (Phi) is 6.55. The molecular weight excluding hydrogens is 274 g/mol. The van der Waals surface area contributed by atoms with Crippen molar-refractivity contribution in [2.45, 2.75) is 26.7 Å². The minimum Gasteiger partial charge on any atom is -0.469 e. The minimum atomic E-state index is 0.716. The first-order valence-corrected chi connectivity index (χ1v) is 7.88. The van der Waals surface area contributed by atoms with Gasteiger partial charge in [0.15, 0.2) is 5.96 Å². The van der Waals surface area contributed by atoms with Crippen molar-refractivity contribution >= 4 is 5.96 Å². The van der Waals surface area contributed by atoms with Gasteiger partial charge in [-0.05, 0) is 38.0 Å². The van der Waals surface area contributed by atoms with Crippen LogP contribution in [0.2, 0.25) is 0 Å². The summed E-state index contributed by atoms with van der Waals surface area (Å²) < 4.78 is 5.31. The molecule has 0 radical (unpaired) electrons. The van der Waals surface area contributed by atoms with Gasteiger partial charge in [0.05, 0.1) is 6.26 Å². The second kappa shape index (κ2) is 8.93. The summed E-state index contributed by atoms with van der Waals surface area (Å²) in [5.74, 6) is 1.83. The Morgan fingerprint density at radius 2 is 1.91 bits per heavy atom. The molecule has 1 heterocycles. The Bertz CT molecular complexity index is 559. The Labute approximate surface area is 132 Å². The van der Waals surface area contributed by atoms with Crippen molar-refractivity contribution in [3.8, 4) is 0 Å². The van der Waals surface area contributed by atoms with Gasteiger partial charge in [0.2, 0.25) is 0 Å². The van der Waals surface area contributed by atoms with Crippen LogP contribution in [0.5, 0.6) is 0 Å². The number of guanidine groups is 1. The molecule has 1 aromatic heterocycles. The molecule has 0 saturated heterocycles. The maximum absolute atomic E-state index is 5.31. The summed E-state index contributed by atoms with van der Waals surface area (Å²) in [6.45, 7) is 6.63. The Morgan fingerprint density at radius 3 is 2.59 bits per heavy atom. The van der Waals surface area contributed by atoms with Gasteiger partial charge in [-0.25, -0.2) is 0 Å². The summed E-state index contributed by atoms with van der Waals surface area (Å²) in [5, 5.41) is 6.64. The molecule has 0 aliphatic heterocycles. The molecule has 0 spiro atoms. The summed E-state index contributed by atoms with van der Waals surface area (Å²) in [5.41, 5.74) is 2.63. The second-order valence-corrected chi connectivity index (χ2v) is 5.25. The van der Waals surface area contributed by atoms with E-state index < -0.39 is 0 Å². The van der Waals surface area contributed by atoms with E-state index in [0.29, 0.717) is 6.54 Å². The van der Waals surface area contributed by atoms with Gasteiger partial charge in [-0.2, -0.15) is 0 Å². The molecule has 4 nitrogen and oxygen atoms in total. The Hall–Kier alpha value is -2.23. The highest BCUT2D eigenvalue weighted by Crippen LogP contribution is 2.03. The zero-order valence-electron chi connectivity index (χ0n) is 13.4. The monoisotopic (exact) mass is 299 g/mol.